The van der Waals surface area contributed by atoms with Gasteiger partial charge in [0, 0.05) is 12.7 Å². The molecule has 1 atom stereocenters. The van der Waals surface area contributed by atoms with Crippen molar-refractivity contribution < 1.29 is 14.6 Å². The number of benzene rings is 1. The van der Waals surface area contributed by atoms with Gasteiger partial charge < -0.3 is 20.3 Å². The van der Waals surface area contributed by atoms with Gasteiger partial charge in [-0.2, -0.15) is 0 Å². The zero-order valence-corrected chi connectivity index (χ0v) is 11.6. The highest BCUT2D eigenvalue weighted by Gasteiger charge is 2.20. The van der Waals surface area contributed by atoms with Crippen LogP contribution in [0.4, 0.5) is 5.69 Å². The summed E-state index contributed by atoms with van der Waals surface area (Å²) in [5.74, 6) is 0.595. The first-order chi connectivity index (χ1) is 8.41. The molecule has 0 saturated heterocycles. The van der Waals surface area contributed by atoms with Gasteiger partial charge in [0.15, 0.2) is 0 Å². The number of rotatable bonds is 6. The van der Waals surface area contributed by atoms with E-state index in [0.717, 1.165) is 6.42 Å². The zero-order valence-electron chi connectivity index (χ0n) is 11.6. The minimum atomic E-state index is -0.602. The van der Waals surface area contributed by atoms with Crippen molar-refractivity contribution in [3.8, 4) is 5.75 Å². The predicted octanol–water partition coefficient (Wildman–Crippen LogP) is 2.52. The van der Waals surface area contributed by atoms with Crippen molar-refractivity contribution in [3.05, 3.63) is 23.8 Å². The third-order valence-corrected chi connectivity index (χ3v) is 3.25. The Labute approximate surface area is 109 Å². The SMILES string of the molecule is COc1cccc(C(O)CCC(C)(C)OC)c1N. The molecule has 0 spiro atoms. The van der Waals surface area contributed by atoms with Gasteiger partial charge >= 0.3 is 0 Å². The third-order valence-electron chi connectivity index (χ3n) is 3.25. The Kier molecular flexibility index (Phi) is 4.99. The van der Waals surface area contributed by atoms with E-state index in [2.05, 4.69) is 0 Å². The van der Waals surface area contributed by atoms with Crippen LogP contribution < -0.4 is 10.5 Å². The molecule has 0 aliphatic carbocycles. The summed E-state index contributed by atoms with van der Waals surface area (Å²) < 4.78 is 10.5. The Morgan fingerprint density at radius 1 is 1.33 bits per heavy atom. The second-order valence-electron chi connectivity index (χ2n) is 4.98. The molecule has 4 heteroatoms. The molecule has 4 nitrogen and oxygen atoms in total. The number of anilines is 1. The van der Waals surface area contributed by atoms with Gasteiger partial charge in [0.25, 0.3) is 0 Å². The van der Waals surface area contributed by atoms with E-state index in [4.69, 9.17) is 15.2 Å². The lowest BCUT2D eigenvalue weighted by Crippen LogP contribution is -2.23. The van der Waals surface area contributed by atoms with Crippen LogP contribution in [0.2, 0.25) is 0 Å². The maximum absolute atomic E-state index is 10.2. The zero-order chi connectivity index (χ0) is 13.8. The molecule has 0 radical (unpaired) electrons. The van der Waals surface area contributed by atoms with Gasteiger partial charge in [0.1, 0.15) is 5.75 Å². The Hall–Kier alpha value is -1.26. The number of hydrogen-bond donors (Lipinski definition) is 2. The van der Waals surface area contributed by atoms with Crippen molar-refractivity contribution >= 4 is 5.69 Å². The fourth-order valence-corrected chi connectivity index (χ4v) is 1.77. The summed E-state index contributed by atoms with van der Waals surface area (Å²) in [5.41, 5.74) is 6.92. The lowest BCUT2D eigenvalue weighted by molar-refractivity contribution is 0.00284. The molecule has 1 rings (SSSR count). The van der Waals surface area contributed by atoms with Gasteiger partial charge in [0.2, 0.25) is 0 Å². The van der Waals surface area contributed by atoms with Gasteiger partial charge in [-0.3, -0.25) is 0 Å². The van der Waals surface area contributed by atoms with Crippen LogP contribution in [0.25, 0.3) is 0 Å². The molecule has 0 aromatic heterocycles. The van der Waals surface area contributed by atoms with Crippen LogP contribution in [0.5, 0.6) is 5.75 Å². The van der Waals surface area contributed by atoms with E-state index in [1.54, 1.807) is 20.3 Å². The number of para-hydroxylation sites is 1. The van der Waals surface area contributed by atoms with Crippen LogP contribution in [-0.2, 0) is 4.74 Å². The fourth-order valence-electron chi connectivity index (χ4n) is 1.77. The highest BCUT2D eigenvalue weighted by Crippen LogP contribution is 2.32. The Balaban J connectivity index is 2.76. The van der Waals surface area contributed by atoms with E-state index in [9.17, 15) is 5.11 Å². The molecule has 0 aliphatic heterocycles. The summed E-state index contributed by atoms with van der Waals surface area (Å²) in [5, 5.41) is 10.2. The van der Waals surface area contributed by atoms with Crippen molar-refractivity contribution in [2.45, 2.75) is 38.4 Å². The van der Waals surface area contributed by atoms with Crippen molar-refractivity contribution in [2.75, 3.05) is 20.0 Å². The van der Waals surface area contributed by atoms with Crippen LogP contribution in [0.3, 0.4) is 0 Å². The highest BCUT2D eigenvalue weighted by atomic mass is 16.5. The summed E-state index contributed by atoms with van der Waals surface area (Å²) in [6.07, 6.45) is 0.744. The van der Waals surface area contributed by atoms with Gasteiger partial charge in [-0.05, 0) is 32.8 Å². The molecule has 18 heavy (non-hydrogen) atoms. The average Bonchev–Trinajstić information content (AvgIpc) is 2.36. The Morgan fingerprint density at radius 2 is 2.00 bits per heavy atom. The molecule has 102 valence electrons. The molecule has 0 saturated carbocycles. The highest BCUT2D eigenvalue weighted by molar-refractivity contribution is 5.59. The number of aliphatic hydroxyl groups is 1. The maximum atomic E-state index is 10.2. The van der Waals surface area contributed by atoms with E-state index in [-0.39, 0.29) is 5.60 Å². The largest absolute Gasteiger partial charge is 0.495 e. The molecular weight excluding hydrogens is 230 g/mol. The van der Waals surface area contributed by atoms with E-state index < -0.39 is 6.10 Å². The Morgan fingerprint density at radius 3 is 2.56 bits per heavy atom. The summed E-state index contributed by atoms with van der Waals surface area (Å²) >= 11 is 0. The number of aliphatic hydroxyl groups excluding tert-OH is 1. The lowest BCUT2D eigenvalue weighted by Gasteiger charge is -2.24. The second kappa shape index (κ2) is 6.07. The fraction of sp³-hybridized carbons (Fsp3) is 0.571. The predicted molar refractivity (Wildman–Crippen MR) is 72.7 cm³/mol. The smallest absolute Gasteiger partial charge is 0.142 e. The second-order valence-corrected chi connectivity index (χ2v) is 4.98. The first-order valence-electron chi connectivity index (χ1n) is 6.07. The van der Waals surface area contributed by atoms with Crippen LogP contribution in [0.1, 0.15) is 38.4 Å². The van der Waals surface area contributed by atoms with E-state index in [1.165, 1.54) is 0 Å². The number of nitrogens with two attached hydrogens (primary N) is 1. The van der Waals surface area contributed by atoms with Crippen LogP contribution in [-0.4, -0.2) is 24.9 Å². The van der Waals surface area contributed by atoms with Crippen LogP contribution in [0.15, 0.2) is 18.2 Å². The van der Waals surface area contributed by atoms with Gasteiger partial charge in [-0.1, -0.05) is 12.1 Å². The van der Waals surface area contributed by atoms with Gasteiger partial charge in [0.05, 0.1) is 24.5 Å². The quantitative estimate of drug-likeness (QED) is 0.765. The molecule has 0 bridgehead atoms. The molecule has 3 N–H and O–H groups in total. The van der Waals surface area contributed by atoms with Crippen molar-refractivity contribution in [2.24, 2.45) is 0 Å². The average molecular weight is 253 g/mol. The minimum Gasteiger partial charge on any atom is -0.495 e. The van der Waals surface area contributed by atoms with E-state index in [0.29, 0.717) is 23.4 Å². The van der Waals surface area contributed by atoms with Crippen molar-refractivity contribution in [1.82, 2.24) is 0 Å². The van der Waals surface area contributed by atoms with E-state index >= 15 is 0 Å². The maximum Gasteiger partial charge on any atom is 0.142 e. The normalized spacial score (nSPS) is 13.4. The van der Waals surface area contributed by atoms with Crippen molar-refractivity contribution in [3.63, 3.8) is 0 Å². The standard InChI is InChI=1S/C14H23NO3/c1-14(2,18-4)9-8-11(16)10-6-5-7-12(17-3)13(10)15/h5-7,11,16H,8-9,15H2,1-4H3. The number of nitrogen functional groups attached to an aromatic ring is 1. The van der Waals surface area contributed by atoms with Gasteiger partial charge in [-0.15, -0.1) is 0 Å². The summed E-state index contributed by atoms with van der Waals surface area (Å²) in [7, 11) is 3.24. The first-order valence-corrected chi connectivity index (χ1v) is 6.07. The third kappa shape index (κ3) is 3.62. The number of ether oxygens (including phenoxy) is 2. The lowest BCUT2D eigenvalue weighted by atomic mass is 9.96. The Bertz CT molecular complexity index is 391. The summed E-state index contributed by atoms with van der Waals surface area (Å²) in [4.78, 5) is 0. The van der Waals surface area contributed by atoms with Gasteiger partial charge in [-0.25, -0.2) is 0 Å². The molecule has 0 aliphatic rings. The first kappa shape index (κ1) is 14.8. The molecule has 0 amide bonds. The molecule has 0 fully saturated rings. The number of hydrogen-bond acceptors (Lipinski definition) is 4. The molecule has 1 aromatic rings. The summed E-state index contributed by atoms with van der Waals surface area (Å²) in [6, 6.07) is 5.43. The molecule has 1 aromatic carbocycles. The molecular formula is C14H23NO3. The number of methoxy groups -OCH3 is 2. The topological polar surface area (TPSA) is 64.7 Å². The monoisotopic (exact) mass is 253 g/mol. The molecule has 1 unspecified atom stereocenters. The van der Waals surface area contributed by atoms with Crippen LogP contribution >= 0.6 is 0 Å². The van der Waals surface area contributed by atoms with Crippen LogP contribution in [0, 0.1) is 0 Å². The minimum absolute atomic E-state index is 0.241. The van der Waals surface area contributed by atoms with Crippen molar-refractivity contribution in [1.29, 1.82) is 0 Å². The molecule has 0 heterocycles. The summed E-state index contributed by atoms with van der Waals surface area (Å²) in [6.45, 7) is 3.99. The van der Waals surface area contributed by atoms with E-state index in [1.807, 2.05) is 26.0 Å².